The summed E-state index contributed by atoms with van der Waals surface area (Å²) >= 11 is 0. The quantitative estimate of drug-likeness (QED) is 0.709. The normalized spacial score (nSPS) is 19.9. The predicted octanol–water partition coefficient (Wildman–Crippen LogP) is 3.88. The number of aliphatic hydroxyl groups is 1. The van der Waals surface area contributed by atoms with Crippen molar-refractivity contribution in [3.63, 3.8) is 0 Å². The van der Waals surface area contributed by atoms with Crippen molar-refractivity contribution in [2.24, 2.45) is 0 Å². The molecular weight excluding hydrogens is 371 g/mol. The minimum Gasteiger partial charge on any atom is -0.386 e. The van der Waals surface area contributed by atoms with Crippen molar-refractivity contribution in [1.82, 2.24) is 9.97 Å². The fourth-order valence-corrected chi connectivity index (χ4v) is 3.25. The van der Waals surface area contributed by atoms with Crippen molar-refractivity contribution in [2.75, 3.05) is 25.1 Å². The van der Waals surface area contributed by atoms with E-state index in [9.17, 15) is 18.3 Å². The van der Waals surface area contributed by atoms with Gasteiger partial charge in [-0.15, -0.1) is 0 Å². The monoisotopic (exact) mass is 389 g/mol. The third-order valence-electron chi connectivity index (χ3n) is 4.83. The van der Waals surface area contributed by atoms with E-state index in [1.54, 1.807) is 18.5 Å². The molecule has 0 aliphatic carbocycles. The Morgan fingerprint density at radius 1 is 1.14 bits per heavy atom. The molecule has 1 atom stereocenters. The number of hydrogen-bond donors (Lipinski definition) is 2. The first kappa shape index (κ1) is 18.6. The van der Waals surface area contributed by atoms with E-state index in [-0.39, 0.29) is 13.2 Å². The van der Waals surface area contributed by atoms with E-state index in [0.29, 0.717) is 35.5 Å². The smallest absolute Gasteiger partial charge is 0.386 e. The maximum Gasteiger partial charge on any atom is 0.416 e. The molecule has 1 aromatic carbocycles. The molecule has 2 aromatic heterocycles. The van der Waals surface area contributed by atoms with Gasteiger partial charge in [-0.3, -0.25) is 4.98 Å². The van der Waals surface area contributed by atoms with E-state index in [0.717, 1.165) is 17.5 Å². The van der Waals surface area contributed by atoms with Crippen molar-refractivity contribution < 1.29 is 23.0 Å². The van der Waals surface area contributed by atoms with Crippen molar-refractivity contribution in [2.45, 2.75) is 18.2 Å². The number of aromatic nitrogens is 2. The summed E-state index contributed by atoms with van der Waals surface area (Å²) < 4.78 is 43.7. The number of fused-ring (bicyclic) bond motifs is 1. The first-order chi connectivity index (χ1) is 13.4. The van der Waals surface area contributed by atoms with Gasteiger partial charge in [0.2, 0.25) is 0 Å². The summed E-state index contributed by atoms with van der Waals surface area (Å²) in [7, 11) is 0. The van der Waals surface area contributed by atoms with E-state index in [1.165, 1.54) is 12.1 Å². The molecule has 0 spiro atoms. The number of anilines is 1. The summed E-state index contributed by atoms with van der Waals surface area (Å²) in [4.78, 5) is 8.82. The Kier molecular flexibility index (Phi) is 4.68. The molecule has 3 heterocycles. The van der Waals surface area contributed by atoms with Gasteiger partial charge in [0.15, 0.2) is 0 Å². The maximum atomic E-state index is 12.8. The van der Waals surface area contributed by atoms with Gasteiger partial charge in [0.25, 0.3) is 0 Å². The summed E-state index contributed by atoms with van der Waals surface area (Å²) in [6.45, 7) is 1.06. The number of nitrogens with one attached hydrogen (secondary N) is 1. The van der Waals surface area contributed by atoms with Crippen LogP contribution in [0.5, 0.6) is 0 Å². The van der Waals surface area contributed by atoms with E-state index >= 15 is 0 Å². The summed E-state index contributed by atoms with van der Waals surface area (Å²) in [5, 5.41) is 14.3. The molecule has 1 fully saturated rings. The average molecular weight is 389 g/mol. The van der Waals surface area contributed by atoms with Crippen LogP contribution in [0.15, 0.2) is 48.8 Å². The standard InChI is InChI=1S/C20H18F3N3O2/c21-20(22,23)14-5-3-13(4-6-14)16-10-25-18(15-2-1-8-24-17(15)16)26-11-19(27)7-9-28-12-19/h1-6,8,10,27H,7,9,11-12H2,(H,25,26)/t19-/m1/s1. The van der Waals surface area contributed by atoms with Gasteiger partial charge in [0, 0.05) is 42.9 Å². The van der Waals surface area contributed by atoms with Gasteiger partial charge in [0.05, 0.1) is 17.7 Å². The first-order valence-electron chi connectivity index (χ1n) is 8.81. The lowest BCUT2D eigenvalue weighted by molar-refractivity contribution is -0.137. The number of nitrogens with zero attached hydrogens (tertiary/aromatic N) is 2. The molecular formula is C20H18F3N3O2. The molecule has 2 N–H and O–H groups in total. The highest BCUT2D eigenvalue weighted by Crippen LogP contribution is 2.34. The summed E-state index contributed by atoms with van der Waals surface area (Å²) in [5.74, 6) is 0.555. The molecule has 146 valence electrons. The fraction of sp³-hybridized carbons (Fsp3) is 0.300. The van der Waals surface area contributed by atoms with Crippen LogP contribution in [0, 0.1) is 0 Å². The van der Waals surface area contributed by atoms with Gasteiger partial charge in [-0.2, -0.15) is 13.2 Å². The number of hydrogen-bond acceptors (Lipinski definition) is 5. The lowest BCUT2D eigenvalue weighted by atomic mass is 10.0. The highest BCUT2D eigenvalue weighted by Gasteiger charge is 2.32. The molecule has 5 nitrogen and oxygen atoms in total. The Bertz CT molecular complexity index is 984. The zero-order valence-electron chi connectivity index (χ0n) is 14.8. The molecule has 8 heteroatoms. The number of halogens is 3. The van der Waals surface area contributed by atoms with Crippen molar-refractivity contribution in [3.8, 4) is 11.1 Å². The van der Waals surface area contributed by atoms with Crippen LogP contribution < -0.4 is 5.32 Å². The van der Waals surface area contributed by atoms with E-state index in [4.69, 9.17) is 4.74 Å². The topological polar surface area (TPSA) is 67.3 Å². The Labute approximate surface area is 159 Å². The van der Waals surface area contributed by atoms with Crippen LogP contribution in [0.25, 0.3) is 22.0 Å². The van der Waals surface area contributed by atoms with Gasteiger partial charge in [-0.1, -0.05) is 12.1 Å². The van der Waals surface area contributed by atoms with Crippen molar-refractivity contribution in [1.29, 1.82) is 0 Å². The molecule has 0 radical (unpaired) electrons. The highest BCUT2D eigenvalue weighted by atomic mass is 19.4. The van der Waals surface area contributed by atoms with Gasteiger partial charge in [0.1, 0.15) is 11.4 Å². The molecule has 0 unspecified atom stereocenters. The molecule has 0 bridgehead atoms. The van der Waals surface area contributed by atoms with Crippen LogP contribution in [0.4, 0.5) is 19.0 Å². The molecule has 1 aliphatic heterocycles. The molecule has 0 saturated carbocycles. The third-order valence-corrected chi connectivity index (χ3v) is 4.83. The minimum absolute atomic E-state index is 0.264. The highest BCUT2D eigenvalue weighted by molar-refractivity contribution is 5.99. The fourth-order valence-electron chi connectivity index (χ4n) is 3.25. The first-order valence-corrected chi connectivity index (χ1v) is 8.81. The molecule has 0 amide bonds. The second-order valence-corrected chi connectivity index (χ2v) is 6.88. The van der Waals surface area contributed by atoms with Crippen LogP contribution in [0.2, 0.25) is 0 Å². The summed E-state index contributed by atoms with van der Waals surface area (Å²) in [6, 6.07) is 8.52. The van der Waals surface area contributed by atoms with Crippen molar-refractivity contribution >= 4 is 16.7 Å². The number of pyridine rings is 2. The maximum absolute atomic E-state index is 12.8. The zero-order chi connectivity index (χ0) is 19.8. The molecule has 1 aliphatic rings. The van der Waals surface area contributed by atoms with E-state index in [2.05, 4.69) is 15.3 Å². The van der Waals surface area contributed by atoms with E-state index in [1.807, 2.05) is 6.07 Å². The molecule has 4 rings (SSSR count). The Hall–Kier alpha value is -2.71. The second kappa shape index (κ2) is 7.03. The van der Waals surface area contributed by atoms with E-state index < -0.39 is 17.3 Å². The van der Waals surface area contributed by atoms with Gasteiger partial charge >= 0.3 is 6.18 Å². The summed E-state index contributed by atoms with van der Waals surface area (Å²) in [5.41, 5.74) is 0.208. The lowest BCUT2D eigenvalue weighted by Crippen LogP contribution is -2.37. The van der Waals surface area contributed by atoms with Crippen LogP contribution in [-0.4, -0.2) is 40.4 Å². The SMILES string of the molecule is O[C@@]1(CNc2ncc(-c3ccc(C(F)(F)F)cc3)c3ncccc23)CCOC1. The molecule has 28 heavy (non-hydrogen) atoms. The number of alkyl halides is 3. The largest absolute Gasteiger partial charge is 0.416 e. The number of benzene rings is 1. The Morgan fingerprint density at radius 2 is 1.93 bits per heavy atom. The second-order valence-electron chi connectivity index (χ2n) is 6.88. The molecule has 3 aromatic rings. The number of ether oxygens (including phenoxy) is 1. The summed E-state index contributed by atoms with van der Waals surface area (Å²) in [6.07, 6.45) is -0.637. The average Bonchev–Trinajstić information content (AvgIpc) is 3.12. The lowest BCUT2D eigenvalue weighted by Gasteiger charge is -2.21. The van der Waals surface area contributed by atoms with Crippen LogP contribution >= 0.6 is 0 Å². The van der Waals surface area contributed by atoms with Crippen LogP contribution in [0.3, 0.4) is 0 Å². The minimum atomic E-state index is -4.38. The number of rotatable bonds is 4. The van der Waals surface area contributed by atoms with Gasteiger partial charge in [-0.25, -0.2) is 4.98 Å². The predicted molar refractivity (Wildman–Crippen MR) is 98.9 cm³/mol. The van der Waals surface area contributed by atoms with Crippen molar-refractivity contribution in [3.05, 3.63) is 54.4 Å². The molecule has 1 saturated heterocycles. The Morgan fingerprint density at radius 3 is 2.61 bits per heavy atom. The van der Waals surface area contributed by atoms with Gasteiger partial charge < -0.3 is 15.2 Å². The Balaban J connectivity index is 1.67. The van der Waals surface area contributed by atoms with Crippen LogP contribution in [-0.2, 0) is 10.9 Å². The van der Waals surface area contributed by atoms with Gasteiger partial charge in [-0.05, 0) is 29.8 Å². The third kappa shape index (κ3) is 3.65. The zero-order valence-corrected chi connectivity index (χ0v) is 14.8. The van der Waals surface area contributed by atoms with Crippen LogP contribution in [0.1, 0.15) is 12.0 Å².